The Morgan fingerprint density at radius 3 is 3.00 bits per heavy atom. The highest BCUT2D eigenvalue weighted by molar-refractivity contribution is 7.17. The molecule has 1 unspecified atom stereocenters. The number of carbonyl (C=O) groups excluding carboxylic acids is 1. The number of rotatable bonds is 1. The van der Waals surface area contributed by atoms with Crippen LogP contribution in [0.4, 0.5) is 5.13 Å². The van der Waals surface area contributed by atoms with Gasteiger partial charge in [-0.25, -0.2) is 4.98 Å². The van der Waals surface area contributed by atoms with E-state index in [2.05, 4.69) is 18.8 Å². The van der Waals surface area contributed by atoms with Crippen molar-refractivity contribution in [3.05, 3.63) is 11.1 Å². The highest BCUT2D eigenvalue weighted by atomic mass is 32.1. The average Bonchev–Trinajstić information content (AvgIpc) is 2.63. The number of amides is 1. The summed E-state index contributed by atoms with van der Waals surface area (Å²) in [5, 5.41) is 10.2. The minimum absolute atomic E-state index is 0.0358. The Labute approximate surface area is 111 Å². The number of nitrogens with two attached hydrogens (primary N) is 1. The van der Waals surface area contributed by atoms with Crippen molar-refractivity contribution in [1.82, 2.24) is 9.88 Å². The zero-order chi connectivity index (χ0) is 13.3. The Morgan fingerprint density at radius 2 is 2.39 bits per heavy atom. The second kappa shape index (κ2) is 4.85. The number of nitrogens with zero attached hydrogens (tertiary/aromatic N) is 2. The quantitative estimate of drug-likeness (QED) is 0.806. The lowest BCUT2D eigenvalue weighted by molar-refractivity contribution is 0.0709. The van der Waals surface area contributed by atoms with Gasteiger partial charge in [0.15, 0.2) is 5.13 Å². The van der Waals surface area contributed by atoms with E-state index >= 15 is 0 Å². The maximum absolute atomic E-state index is 12.3. The van der Waals surface area contributed by atoms with E-state index in [-0.39, 0.29) is 17.4 Å². The molecule has 100 valence electrons. The molecule has 1 aromatic rings. The molecule has 0 bridgehead atoms. The third kappa shape index (κ3) is 3.00. The number of thiazole rings is 1. The smallest absolute Gasteiger partial charge is 0.265 e. The number of carbonyl (C=O) groups is 1. The summed E-state index contributed by atoms with van der Waals surface area (Å²) in [4.78, 5) is 18.6. The van der Waals surface area contributed by atoms with Crippen molar-refractivity contribution in [3.8, 4) is 0 Å². The molecule has 2 heterocycles. The van der Waals surface area contributed by atoms with Crippen LogP contribution in [0.1, 0.15) is 36.4 Å². The Kier molecular flexibility index (Phi) is 3.59. The largest absolute Gasteiger partial charge is 0.393 e. The third-order valence-electron chi connectivity index (χ3n) is 3.16. The van der Waals surface area contributed by atoms with Gasteiger partial charge in [0.05, 0.1) is 12.3 Å². The van der Waals surface area contributed by atoms with Gasteiger partial charge in [-0.2, -0.15) is 0 Å². The van der Waals surface area contributed by atoms with Crippen LogP contribution >= 0.6 is 11.3 Å². The first kappa shape index (κ1) is 13.3. The van der Waals surface area contributed by atoms with Crippen molar-refractivity contribution in [2.24, 2.45) is 5.41 Å². The van der Waals surface area contributed by atoms with Crippen LogP contribution in [0, 0.1) is 5.41 Å². The van der Waals surface area contributed by atoms with Crippen LogP contribution in [-0.4, -0.2) is 40.1 Å². The average molecular weight is 269 g/mol. The molecule has 1 fully saturated rings. The molecule has 1 aliphatic rings. The normalized spacial score (nSPS) is 23.7. The Bertz CT molecular complexity index is 444. The summed E-state index contributed by atoms with van der Waals surface area (Å²) in [5.41, 5.74) is 5.48. The summed E-state index contributed by atoms with van der Waals surface area (Å²) in [7, 11) is 0. The van der Waals surface area contributed by atoms with Gasteiger partial charge in [-0.15, -0.1) is 0 Å². The van der Waals surface area contributed by atoms with Crippen LogP contribution in [0.15, 0.2) is 6.20 Å². The van der Waals surface area contributed by atoms with Gasteiger partial charge in [-0.05, 0) is 18.3 Å². The van der Waals surface area contributed by atoms with Crippen molar-refractivity contribution in [2.75, 3.05) is 18.8 Å². The molecular weight excluding hydrogens is 250 g/mol. The Hall–Kier alpha value is -1.14. The van der Waals surface area contributed by atoms with Gasteiger partial charge in [0, 0.05) is 13.1 Å². The lowest BCUT2D eigenvalue weighted by atomic mass is 9.87. The van der Waals surface area contributed by atoms with Gasteiger partial charge in [0.1, 0.15) is 4.88 Å². The van der Waals surface area contributed by atoms with Crippen molar-refractivity contribution in [2.45, 2.75) is 32.8 Å². The van der Waals surface area contributed by atoms with E-state index in [1.54, 1.807) is 4.90 Å². The molecule has 1 aliphatic heterocycles. The first-order valence-corrected chi connectivity index (χ1v) is 6.88. The van der Waals surface area contributed by atoms with Crippen molar-refractivity contribution < 1.29 is 9.90 Å². The first-order chi connectivity index (χ1) is 8.37. The van der Waals surface area contributed by atoms with E-state index in [0.717, 1.165) is 6.42 Å². The third-order valence-corrected chi connectivity index (χ3v) is 3.98. The predicted octanol–water partition coefficient (Wildman–Crippen LogP) is 1.35. The van der Waals surface area contributed by atoms with Crippen LogP contribution in [0.3, 0.4) is 0 Å². The lowest BCUT2D eigenvalue weighted by Gasteiger charge is -2.29. The molecule has 1 amide bonds. The molecule has 0 saturated carbocycles. The molecule has 0 spiro atoms. The molecule has 1 aromatic heterocycles. The number of aliphatic hydroxyl groups is 1. The van der Waals surface area contributed by atoms with E-state index in [1.165, 1.54) is 17.5 Å². The molecule has 18 heavy (non-hydrogen) atoms. The molecule has 0 aromatic carbocycles. The van der Waals surface area contributed by atoms with Gasteiger partial charge in [0.25, 0.3) is 5.91 Å². The maximum Gasteiger partial charge on any atom is 0.265 e. The Morgan fingerprint density at radius 1 is 1.67 bits per heavy atom. The van der Waals surface area contributed by atoms with Gasteiger partial charge in [0.2, 0.25) is 0 Å². The summed E-state index contributed by atoms with van der Waals surface area (Å²) < 4.78 is 0. The molecule has 0 aliphatic carbocycles. The zero-order valence-electron chi connectivity index (χ0n) is 10.7. The Balaban J connectivity index is 2.15. The molecule has 0 radical (unpaired) electrons. The van der Waals surface area contributed by atoms with Crippen LogP contribution in [0.5, 0.6) is 0 Å². The number of hydrogen-bond acceptors (Lipinski definition) is 5. The van der Waals surface area contributed by atoms with Crippen LogP contribution < -0.4 is 5.73 Å². The summed E-state index contributed by atoms with van der Waals surface area (Å²) >= 11 is 1.21. The van der Waals surface area contributed by atoms with Crippen LogP contribution in [-0.2, 0) is 0 Å². The summed E-state index contributed by atoms with van der Waals surface area (Å²) in [6.45, 7) is 5.38. The second-order valence-electron chi connectivity index (χ2n) is 5.60. The van der Waals surface area contributed by atoms with Crippen molar-refractivity contribution >= 4 is 22.4 Å². The number of hydrogen-bond donors (Lipinski definition) is 2. The number of nitrogen functional groups attached to an aromatic ring is 1. The zero-order valence-corrected chi connectivity index (χ0v) is 11.5. The SMILES string of the molecule is CC1(C)CC(O)CCN(C(=O)c2cnc(N)s2)C1. The molecule has 1 atom stereocenters. The molecule has 3 N–H and O–H groups in total. The van der Waals surface area contributed by atoms with Crippen LogP contribution in [0.2, 0.25) is 0 Å². The number of likely N-dealkylation sites (tertiary alicyclic amines) is 1. The van der Waals surface area contributed by atoms with Crippen molar-refractivity contribution in [3.63, 3.8) is 0 Å². The number of aromatic nitrogens is 1. The van der Waals surface area contributed by atoms with E-state index in [9.17, 15) is 9.90 Å². The van der Waals surface area contributed by atoms with Crippen molar-refractivity contribution in [1.29, 1.82) is 0 Å². The highest BCUT2D eigenvalue weighted by Crippen LogP contribution is 2.29. The summed E-state index contributed by atoms with van der Waals surface area (Å²) in [6, 6.07) is 0. The fourth-order valence-electron chi connectivity index (χ4n) is 2.42. The minimum Gasteiger partial charge on any atom is -0.393 e. The van der Waals surface area contributed by atoms with E-state index in [1.807, 2.05) is 0 Å². The number of aliphatic hydroxyl groups excluding tert-OH is 1. The standard InChI is InChI=1S/C12H19N3O2S/c1-12(2)5-8(16)3-4-15(7-12)10(17)9-6-14-11(13)18-9/h6,8,16H,3-5,7H2,1-2H3,(H2,13,14). The lowest BCUT2D eigenvalue weighted by Crippen LogP contribution is -2.37. The second-order valence-corrected chi connectivity index (χ2v) is 6.66. The molecular formula is C12H19N3O2S. The van der Waals surface area contributed by atoms with Crippen LogP contribution in [0.25, 0.3) is 0 Å². The first-order valence-electron chi connectivity index (χ1n) is 6.06. The minimum atomic E-state index is -0.329. The molecule has 5 nitrogen and oxygen atoms in total. The fourth-order valence-corrected chi connectivity index (χ4v) is 3.07. The van der Waals surface area contributed by atoms with Gasteiger partial charge >= 0.3 is 0 Å². The van der Waals surface area contributed by atoms with Gasteiger partial charge < -0.3 is 15.7 Å². The topological polar surface area (TPSA) is 79.5 Å². The van der Waals surface area contributed by atoms with E-state index in [4.69, 9.17) is 5.73 Å². The molecule has 1 saturated heterocycles. The predicted molar refractivity (Wildman–Crippen MR) is 71.5 cm³/mol. The summed E-state index contributed by atoms with van der Waals surface area (Å²) in [5.74, 6) is -0.0358. The maximum atomic E-state index is 12.3. The van der Waals surface area contributed by atoms with Gasteiger partial charge in [-0.3, -0.25) is 4.79 Å². The number of anilines is 1. The monoisotopic (exact) mass is 269 g/mol. The summed E-state index contributed by atoms with van der Waals surface area (Å²) in [6.07, 6.45) is 2.55. The highest BCUT2D eigenvalue weighted by Gasteiger charge is 2.32. The molecule has 2 rings (SSSR count). The molecule has 6 heteroatoms. The van der Waals surface area contributed by atoms with E-state index < -0.39 is 0 Å². The van der Waals surface area contributed by atoms with E-state index in [0.29, 0.717) is 29.5 Å². The van der Waals surface area contributed by atoms with Gasteiger partial charge in [-0.1, -0.05) is 25.2 Å². The fraction of sp³-hybridized carbons (Fsp3) is 0.667.